The molecule has 29 heavy (non-hydrogen) atoms. The Balaban J connectivity index is 1.53. The summed E-state index contributed by atoms with van der Waals surface area (Å²) in [5.74, 6) is -0.222. The fraction of sp³-hybridized carbons (Fsp3) is 0.409. The summed E-state index contributed by atoms with van der Waals surface area (Å²) in [5.41, 5.74) is 2.81. The molecule has 2 aromatic carbocycles. The molecule has 1 saturated heterocycles. The molecule has 1 amide bonds. The second-order valence-electron chi connectivity index (χ2n) is 7.80. The molecule has 2 N–H and O–H groups in total. The molecule has 7 heteroatoms. The van der Waals surface area contributed by atoms with Gasteiger partial charge in [-0.05, 0) is 49.1 Å². The van der Waals surface area contributed by atoms with E-state index in [1.54, 1.807) is 4.90 Å². The average molecular weight is 417 g/mol. The Kier molecular flexibility index (Phi) is 7.05. The summed E-state index contributed by atoms with van der Waals surface area (Å²) in [7, 11) is -0.527. The molecule has 0 unspecified atom stereocenters. The Morgan fingerprint density at radius 3 is 2.10 bits per heavy atom. The van der Waals surface area contributed by atoms with Crippen LogP contribution in [0, 0.1) is 0 Å². The molecule has 1 aliphatic heterocycles. The molecule has 0 aliphatic carbocycles. The van der Waals surface area contributed by atoms with Gasteiger partial charge in [-0.25, -0.2) is 12.7 Å². The molecule has 0 aromatic heterocycles. The van der Waals surface area contributed by atoms with Gasteiger partial charge in [-0.3, -0.25) is 4.79 Å². The van der Waals surface area contributed by atoms with E-state index < -0.39 is 10.0 Å². The SMILES string of the molecule is CN(C)S(=O)(=O)c1ccc(C(=O)NCc2ccc(C[NH+]3CCCCC3)cc2)cc1. The highest BCUT2D eigenvalue weighted by Crippen LogP contribution is 2.14. The molecule has 6 nitrogen and oxygen atoms in total. The summed E-state index contributed by atoms with van der Waals surface area (Å²) < 4.78 is 25.4. The predicted molar refractivity (Wildman–Crippen MR) is 113 cm³/mol. The van der Waals surface area contributed by atoms with Crippen LogP contribution in [0.4, 0.5) is 0 Å². The second kappa shape index (κ2) is 9.52. The van der Waals surface area contributed by atoms with E-state index in [-0.39, 0.29) is 10.8 Å². The van der Waals surface area contributed by atoms with Crippen LogP contribution >= 0.6 is 0 Å². The van der Waals surface area contributed by atoms with E-state index in [0.717, 1.165) is 16.4 Å². The second-order valence-corrected chi connectivity index (χ2v) is 9.95. The molecule has 0 saturated carbocycles. The number of amides is 1. The van der Waals surface area contributed by atoms with Gasteiger partial charge in [0.05, 0.1) is 18.0 Å². The van der Waals surface area contributed by atoms with E-state index in [2.05, 4.69) is 29.6 Å². The fourth-order valence-corrected chi connectivity index (χ4v) is 4.47. The van der Waals surface area contributed by atoms with Gasteiger partial charge in [0.25, 0.3) is 5.91 Å². The maximum Gasteiger partial charge on any atom is 0.251 e. The average Bonchev–Trinajstić information content (AvgIpc) is 2.74. The van der Waals surface area contributed by atoms with E-state index in [1.807, 2.05) is 0 Å². The third-order valence-corrected chi connectivity index (χ3v) is 7.22. The minimum Gasteiger partial charge on any atom is -0.348 e. The first kappa shape index (κ1) is 21.5. The van der Waals surface area contributed by atoms with E-state index in [0.29, 0.717) is 12.1 Å². The number of nitrogens with zero attached hydrogens (tertiary/aromatic N) is 1. The summed E-state index contributed by atoms with van der Waals surface area (Å²) in [5, 5.41) is 2.89. The zero-order valence-electron chi connectivity index (χ0n) is 17.1. The number of rotatable bonds is 7. The molecule has 3 rings (SSSR count). The minimum atomic E-state index is -3.49. The van der Waals surface area contributed by atoms with E-state index in [9.17, 15) is 13.2 Å². The number of hydrogen-bond donors (Lipinski definition) is 2. The largest absolute Gasteiger partial charge is 0.348 e. The lowest BCUT2D eigenvalue weighted by Gasteiger charge is -2.23. The maximum atomic E-state index is 12.4. The van der Waals surface area contributed by atoms with Crippen molar-refractivity contribution in [2.24, 2.45) is 0 Å². The van der Waals surface area contributed by atoms with Crippen molar-refractivity contribution in [3.63, 3.8) is 0 Å². The van der Waals surface area contributed by atoms with E-state index in [4.69, 9.17) is 0 Å². The van der Waals surface area contributed by atoms with Gasteiger partial charge >= 0.3 is 0 Å². The van der Waals surface area contributed by atoms with Gasteiger partial charge < -0.3 is 10.2 Å². The van der Waals surface area contributed by atoms with Crippen LogP contribution in [0.2, 0.25) is 0 Å². The van der Waals surface area contributed by atoms with Gasteiger partial charge in [0.15, 0.2) is 0 Å². The lowest BCUT2D eigenvalue weighted by Crippen LogP contribution is -3.11. The van der Waals surface area contributed by atoms with Crippen LogP contribution in [0.3, 0.4) is 0 Å². The first-order valence-corrected chi connectivity index (χ1v) is 11.5. The zero-order chi connectivity index (χ0) is 20.9. The van der Waals surface area contributed by atoms with Crippen molar-refractivity contribution in [2.45, 2.75) is 37.2 Å². The van der Waals surface area contributed by atoms with Crippen molar-refractivity contribution in [1.82, 2.24) is 9.62 Å². The highest BCUT2D eigenvalue weighted by molar-refractivity contribution is 7.89. The number of likely N-dealkylation sites (tertiary alicyclic amines) is 1. The van der Waals surface area contributed by atoms with Crippen LogP contribution in [-0.2, 0) is 23.1 Å². The van der Waals surface area contributed by atoms with Gasteiger partial charge in [-0.1, -0.05) is 24.3 Å². The number of piperidine rings is 1. The van der Waals surface area contributed by atoms with Crippen LogP contribution in [0.5, 0.6) is 0 Å². The van der Waals surface area contributed by atoms with E-state index >= 15 is 0 Å². The van der Waals surface area contributed by atoms with Gasteiger partial charge in [-0.2, -0.15) is 0 Å². The van der Waals surface area contributed by atoms with Gasteiger partial charge in [0.2, 0.25) is 10.0 Å². The third kappa shape index (κ3) is 5.65. The minimum absolute atomic E-state index is 0.172. The summed E-state index contributed by atoms with van der Waals surface area (Å²) in [4.78, 5) is 14.2. The molecule has 2 aromatic rings. The Hall–Kier alpha value is -2.22. The summed E-state index contributed by atoms with van der Waals surface area (Å²) in [6.45, 7) is 4.02. The zero-order valence-corrected chi connectivity index (χ0v) is 18.0. The van der Waals surface area contributed by atoms with Gasteiger partial charge in [-0.15, -0.1) is 0 Å². The van der Waals surface area contributed by atoms with Crippen molar-refractivity contribution in [3.05, 3.63) is 65.2 Å². The molecule has 0 bridgehead atoms. The summed E-state index contributed by atoms with van der Waals surface area (Å²) >= 11 is 0. The fourth-order valence-electron chi connectivity index (χ4n) is 3.57. The number of benzene rings is 2. The molecule has 1 aliphatic rings. The van der Waals surface area contributed by atoms with Crippen LogP contribution in [0.1, 0.15) is 40.7 Å². The predicted octanol–water partition coefficient (Wildman–Crippen LogP) is 1.44. The molecule has 0 spiro atoms. The smallest absolute Gasteiger partial charge is 0.251 e. The van der Waals surface area contributed by atoms with Crippen molar-refractivity contribution in [2.75, 3.05) is 27.2 Å². The third-order valence-electron chi connectivity index (χ3n) is 5.39. The van der Waals surface area contributed by atoms with Gasteiger partial charge in [0, 0.05) is 31.8 Å². The monoisotopic (exact) mass is 416 g/mol. The number of nitrogens with one attached hydrogen (secondary N) is 2. The Bertz CT molecular complexity index is 917. The Labute approximate surface area is 173 Å². The highest BCUT2D eigenvalue weighted by atomic mass is 32.2. The van der Waals surface area contributed by atoms with Crippen LogP contribution in [0.25, 0.3) is 0 Å². The van der Waals surface area contributed by atoms with Crippen LogP contribution < -0.4 is 10.2 Å². The Morgan fingerprint density at radius 1 is 0.931 bits per heavy atom. The molecule has 0 radical (unpaired) electrons. The van der Waals surface area contributed by atoms with Gasteiger partial charge in [0.1, 0.15) is 6.54 Å². The van der Waals surface area contributed by atoms with Crippen molar-refractivity contribution in [1.29, 1.82) is 0 Å². The Morgan fingerprint density at radius 2 is 1.52 bits per heavy atom. The van der Waals surface area contributed by atoms with Crippen molar-refractivity contribution >= 4 is 15.9 Å². The summed E-state index contributed by atoms with van der Waals surface area (Å²) in [6, 6.07) is 14.4. The molecular weight excluding hydrogens is 386 g/mol. The number of hydrogen-bond acceptors (Lipinski definition) is 3. The number of carbonyl (C=O) groups is 1. The lowest BCUT2D eigenvalue weighted by atomic mass is 10.1. The van der Waals surface area contributed by atoms with E-state index in [1.165, 1.54) is 76.3 Å². The standard InChI is InChI=1S/C22H29N3O3S/c1-24(2)29(27,28)21-12-10-20(11-13-21)22(26)23-16-18-6-8-19(9-7-18)17-25-14-4-3-5-15-25/h6-13H,3-5,14-17H2,1-2H3,(H,23,26)/p+1. The normalized spacial score (nSPS) is 15.4. The lowest BCUT2D eigenvalue weighted by molar-refractivity contribution is -0.918. The molecule has 1 fully saturated rings. The van der Waals surface area contributed by atoms with Crippen LogP contribution in [0.15, 0.2) is 53.4 Å². The molecular formula is C22H30N3O3S+. The van der Waals surface area contributed by atoms with Crippen molar-refractivity contribution < 1.29 is 18.1 Å². The number of sulfonamides is 1. The number of quaternary nitrogens is 1. The molecule has 156 valence electrons. The quantitative estimate of drug-likeness (QED) is 0.718. The molecule has 1 heterocycles. The van der Waals surface area contributed by atoms with Crippen LogP contribution in [-0.4, -0.2) is 45.8 Å². The first-order valence-electron chi connectivity index (χ1n) is 10.1. The topological polar surface area (TPSA) is 70.9 Å². The first-order chi connectivity index (χ1) is 13.9. The highest BCUT2D eigenvalue weighted by Gasteiger charge is 2.17. The molecule has 0 atom stereocenters. The summed E-state index contributed by atoms with van der Waals surface area (Å²) in [6.07, 6.45) is 4.00. The maximum absolute atomic E-state index is 12.4. The van der Waals surface area contributed by atoms with Crippen molar-refractivity contribution in [3.8, 4) is 0 Å². The number of carbonyl (C=O) groups excluding carboxylic acids is 1.